The van der Waals surface area contributed by atoms with E-state index in [1.165, 1.54) is 0 Å². The average molecular weight is 276 g/mol. The molecular weight excluding hydrogens is 256 g/mol. The zero-order valence-corrected chi connectivity index (χ0v) is 12.0. The normalized spacial score (nSPS) is 12.8. The van der Waals surface area contributed by atoms with Crippen LogP contribution in [0.3, 0.4) is 0 Å². The van der Waals surface area contributed by atoms with Crippen molar-refractivity contribution in [1.82, 2.24) is 14.6 Å². The van der Waals surface area contributed by atoms with Crippen molar-refractivity contribution in [1.29, 1.82) is 0 Å². The maximum atomic E-state index is 10.7. The van der Waals surface area contributed by atoms with Crippen LogP contribution in [0.4, 0.5) is 5.82 Å². The number of anilines is 1. The molecule has 0 saturated carbocycles. The van der Waals surface area contributed by atoms with Crippen LogP contribution >= 0.6 is 0 Å². The van der Waals surface area contributed by atoms with Crippen molar-refractivity contribution in [3.63, 3.8) is 0 Å². The van der Waals surface area contributed by atoms with Crippen LogP contribution in [-0.4, -0.2) is 32.2 Å². The molecule has 0 saturated heterocycles. The zero-order valence-electron chi connectivity index (χ0n) is 12.0. The highest BCUT2D eigenvalue weighted by Gasteiger charge is 2.11. The van der Waals surface area contributed by atoms with Crippen LogP contribution in [0.1, 0.15) is 38.8 Å². The third-order valence-electron chi connectivity index (χ3n) is 3.14. The Morgan fingerprint density at radius 3 is 2.85 bits per heavy atom. The zero-order chi connectivity index (χ0) is 14.7. The van der Waals surface area contributed by atoms with Crippen LogP contribution < -0.4 is 5.32 Å². The molecule has 2 heterocycles. The minimum atomic E-state index is -0.781. The predicted molar refractivity (Wildman–Crippen MR) is 77.0 cm³/mol. The van der Waals surface area contributed by atoms with Gasteiger partial charge in [-0.05, 0) is 17.9 Å². The summed E-state index contributed by atoms with van der Waals surface area (Å²) in [5.41, 5.74) is 1.93. The van der Waals surface area contributed by atoms with Crippen LogP contribution in [0.25, 0.3) is 5.52 Å². The highest BCUT2D eigenvalue weighted by atomic mass is 16.4. The van der Waals surface area contributed by atoms with E-state index in [0.29, 0.717) is 12.5 Å². The minimum Gasteiger partial charge on any atom is -0.481 e. The van der Waals surface area contributed by atoms with Gasteiger partial charge in [0.2, 0.25) is 0 Å². The van der Waals surface area contributed by atoms with E-state index in [1.807, 2.05) is 19.2 Å². The van der Waals surface area contributed by atoms with E-state index in [1.54, 1.807) is 10.7 Å². The largest absolute Gasteiger partial charge is 0.481 e. The van der Waals surface area contributed by atoms with Gasteiger partial charge in [-0.15, -0.1) is 0 Å². The van der Waals surface area contributed by atoms with Gasteiger partial charge in [-0.25, -0.2) is 9.50 Å². The first-order chi connectivity index (χ1) is 9.47. The molecule has 0 aliphatic rings. The maximum Gasteiger partial charge on any atom is 0.303 e. The predicted octanol–water partition coefficient (Wildman–Crippen LogP) is 2.38. The van der Waals surface area contributed by atoms with Gasteiger partial charge >= 0.3 is 5.97 Å². The van der Waals surface area contributed by atoms with Gasteiger partial charge in [0.25, 0.3) is 0 Å². The van der Waals surface area contributed by atoms with Gasteiger partial charge in [-0.3, -0.25) is 4.79 Å². The van der Waals surface area contributed by atoms with Crippen LogP contribution in [0, 0.1) is 5.92 Å². The lowest BCUT2D eigenvalue weighted by Gasteiger charge is -2.11. The molecule has 0 aliphatic heterocycles. The molecule has 20 heavy (non-hydrogen) atoms. The standard InChI is InChI=1S/C14H20N4O2/c1-9(2)11-7-12-14(15-4-5-18(12)17-11)16-8-10(3)6-13(19)20/h4-5,7,9-10H,6,8H2,1-3H3,(H,15,16)(H,19,20). The van der Waals surface area contributed by atoms with Gasteiger partial charge in [0.05, 0.1) is 5.69 Å². The lowest BCUT2D eigenvalue weighted by Crippen LogP contribution is -2.16. The van der Waals surface area contributed by atoms with Gasteiger partial charge in [0.1, 0.15) is 5.52 Å². The van der Waals surface area contributed by atoms with Gasteiger partial charge < -0.3 is 10.4 Å². The molecular formula is C14H20N4O2. The van der Waals surface area contributed by atoms with E-state index < -0.39 is 5.97 Å². The highest BCUT2D eigenvalue weighted by molar-refractivity contribution is 5.69. The number of carbonyl (C=O) groups is 1. The van der Waals surface area contributed by atoms with E-state index in [9.17, 15) is 4.79 Å². The molecule has 6 heteroatoms. The number of fused-ring (bicyclic) bond motifs is 1. The number of rotatable bonds is 6. The number of hydrogen-bond donors (Lipinski definition) is 2. The van der Waals surface area contributed by atoms with Crippen molar-refractivity contribution in [2.45, 2.75) is 33.1 Å². The number of aromatic nitrogens is 3. The number of hydrogen-bond acceptors (Lipinski definition) is 4. The Kier molecular flexibility index (Phi) is 4.22. The maximum absolute atomic E-state index is 10.7. The summed E-state index contributed by atoms with van der Waals surface area (Å²) in [6.07, 6.45) is 3.65. The van der Waals surface area contributed by atoms with E-state index in [4.69, 9.17) is 5.11 Å². The highest BCUT2D eigenvalue weighted by Crippen LogP contribution is 2.20. The Hall–Kier alpha value is -2.11. The molecule has 0 bridgehead atoms. The molecule has 0 fully saturated rings. The van der Waals surface area contributed by atoms with Gasteiger partial charge in [-0.1, -0.05) is 20.8 Å². The van der Waals surface area contributed by atoms with Crippen molar-refractivity contribution in [2.75, 3.05) is 11.9 Å². The van der Waals surface area contributed by atoms with Crippen LogP contribution in [-0.2, 0) is 4.79 Å². The summed E-state index contributed by atoms with van der Waals surface area (Å²) in [5.74, 6) is 0.358. The second-order valence-electron chi connectivity index (χ2n) is 5.41. The molecule has 2 aromatic rings. The van der Waals surface area contributed by atoms with E-state index >= 15 is 0 Å². The topological polar surface area (TPSA) is 79.5 Å². The van der Waals surface area contributed by atoms with Crippen molar-refractivity contribution < 1.29 is 9.90 Å². The summed E-state index contributed by atoms with van der Waals surface area (Å²) in [5, 5.41) is 16.5. The lowest BCUT2D eigenvalue weighted by atomic mass is 10.1. The minimum absolute atomic E-state index is 0.0436. The van der Waals surface area contributed by atoms with Gasteiger partial charge in [0, 0.05) is 25.4 Å². The molecule has 2 aromatic heterocycles. The van der Waals surface area contributed by atoms with Crippen LogP contribution in [0.15, 0.2) is 18.5 Å². The molecule has 0 spiro atoms. The quantitative estimate of drug-likeness (QED) is 0.846. The van der Waals surface area contributed by atoms with Gasteiger partial charge in [0.15, 0.2) is 5.82 Å². The fourth-order valence-corrected chi connectivity index (χ4v) is 2.00. The molecule has 1 unspecified atom stereocenters. The molecule has 1 atom stereocenters. The molecule has 2 rings (SSSR count). The number of carboxylic acid groups (broad SMARTS) is 1. The molecule has 6 nitrogen and oxygen atoms in total. The van der Waals surface area contributed by atoms with Crippen LogP contribution in [0.5, 0.6) is 0 Å². The summed E-state index contributed by atoms with van der Waals surface area (Å²) >= 11 is 0. The fraction of sp³-hybridized carbons (Fsp3) is 0.500. The first kappa shape index (κ1) is 14.3. The SMILES string of the molecule is CC(CNc1nccn2nc(C(C)C)cc12)CC(=O)O. The number of nitrogens with zero attached hydrogens (tertiary/aromatic N) is 3. The number of carboxylic acids is 1. The summed E-state index contributed by atoms with van der Waals surface area (Å²) < 4.78 is 1.80. The fourth-order valence-electron chi connectivity index (χ4n) is 2.00. The van der Waals surface area contributed by atoms with Crippen molar-refractivity contribution in [3.8, 4) is 0 Å². The Labute approximate surface area is 117 Å². The Bertz CT molecular complexity index is 606. The smallest absolute Gasteiger partial charge is 0.303 e. The van der Waals surface area contributed by atoms with Crippen molar-refractivity contribution in [2.24, 2.45) is 5.92 Å². The lowest BCUT2D eigenvalue weighted by molar-refractivity contribution is -0.137. The van der Waals surface area contributed by atoms with E-state index in [-0.39, 0.29) is 12.3 Å². The number of aliphatic carboxylic acids is 1. The summed E-state index contributed by atoms with van der Waals surface area (Å²) in [4.78, 5) is 15.0. The average Bonchev–Trinajstić information content (AvgIpc) is 2.80. The van der Waals surface area contributed by atoms with E-state index in [0.717, 1.165) is 17.0 Å². The monoisotopic (exact) mass is 276 g/mol. The molecule has 108 valence electrons. The first-order valence-corrected chi connectivity index (χ1v) is 6.77. The summed E-state index contributed by atoms with van der Waals surface area (Å²) in [6, 6.07) is 2.02. The third kappa shape index (κ3) is 3.26. The molecule has 0 radical (unpaired) electrons. The summed E-state index contributed by atoms with van der Waals surface area (Å²) in [7, 11) is 0. The Morgan fingerprint density at radius 1 is 1.45 bits per heavy atom. The number of nitrogens with one attached hydrogen (secondary N) is 1. The molecule has 0 aromatic carbocycles. The second kappa shape index (κ2) is 5.90. The molecule has 0 aliphatic carbocycles. The first-order valence-electron chi connectivity index (χ1n) is 6.77. The second-order valence-corrected chi connectivity index (χ2v) is 5.41. The van der Waals surface area contributed by atoms with Crippen molar-refractivity contribution >= 4 is 17.3 Å². The van der Waals surface area contributed by atoms with Crippen molar-refractivity contribution in [3.05, 3.63) is 24.2 Å². The summed E-state index contributed by atoms with van der Waals surface area (Å²) in [6.45, 7) is 6.66. The van der Waals surface area contributed by atoms with Crippen LogP contribution in [0.2, 0.25) is 0 Å². The van der Waals surface area contributed by atoms with Gasteiger partial charge in [-0.2, -0.15) is 5.10 Å². The third-order valence-corrected chi connectivity index (χ3v) is 3.14. The van der Waals surface area contributed by atoms with E-state index in [2.05, 4.69) is 29.2 Å². The Morgan fingerprint density at radius 2 is 2.20 bits per heavy atom. The molecule has 0 amide bonds. The molecule has 2 N–H and O–H groups in total. The Balaban J connectivity index is 2.15.